The van der Waals surface area contributed by atoms with Crippen molar-refractivity contribution in [3.8, 4) is 0 Å². The fourth-order valence-electron chi connectivity index (χ4n) is 1.00. The third-order valence-electron chi connectivity index (χ3n) is 1.70. The summed E-state index contributed by atoms with van der Waals surface area (Å²) in [5, 5.41) is 4.67. The number of anilines is 1. The average Bonchev–Trinajstić information content (AvgIpc) is 2.26. The van der Waals surface area contributed by atoms with Gasteiger partial charge in [0.25, 0.3) is 0 Å². The predicted octanol–water partition coefficient (Wildman–Crippen LogP) is 1.88. The van der Waals surface area contributed by atoms with E-state index in [4.69, 9.17) is 0 Å². The number of rotatable bonds is 4. The van der Waals surface area contributed by atoms with Crippen LogP contribution < -0.4 is 5.32 Å². The van der Waals surface area contributed by atoms with Crippen LogP contribution in [0.2, 0.25) is 0 Å². The molecule has 0 unspecified atom stereocenters. The van der Waals surface area contributed by atoms with Crippen molar-refractivity contribution in [3.05, 3.63) is 29.8 Å². The second-order valence-electron chi connectivity index (χ2n) is 2.62. The van der Waals surface area contributed by atoms with Crippen LogP contribution in [0.15, 0.2) is 24.3 Å². The Kier molecular flexibility index (Phi) is 4.07. The highest BCUT2D eigenvalue weighted by atomic mass is 32.1. The summed E-state index contributed by atoms with van der Waals surface area (Å²) in [4.78, 5) is 11.1. The highest BCUT2D eigenvalue weighted by Crippen LogP contribution is 2.09. The maximum absolute atomic E-state index is 11.1. The van der Waals surface area contributed by atoms with Crippen LogP contribution in [0.1, 0.15) is 10.4 Å². The van der Waals surface area contributed by atoms with Crippen LogP contribution >= 0.6 is 12.2 Å². The Hall–Kier alpha value is -1.42. The van der Waals surface area contributed by atoms with Crippen molar-refractivity contribution in [1.29, 1.82) is 0 Å². The van der Waals surface area contributed by atoms with Gasteiger partial charge in [-0.2, -0.15) is 0 Å². The minimum absolute atomic E-state index is 0.327. The second kappa shape index (κ2) is 5.34. The zero-order valence-electron chi connectivity index (χ0n) is 7.82. The van der Waals surface area contributed by atoms with Crippen molar-refractivity contribution >= 4 is 29.2 Å². The van der Waals surface area contributed by atoms with Gasteiger partial charge < -0.3 is 10.1 Å². The van der Waals surface area contributed by atoms with Gasteiger partial charge in [-0.05, 0) is 29.6 Å². The first kappa shape index (κ1) is 10.7. The lowest BCUT2D eigenvalue weighted by Gasteiger charge is -2.03. The number of methoxy groups -OCH3 is 1. The van der Waals surface area contributed by atoms with Crippen LogP contribution in [0, 0.1) is 0 Å². The number of nitrogens with one attached hydrogen (secondary N) is 1. The van der Waals surface area contributed by atoms with Gasteiger partial charge in [0.15, 0.2) is 0 Å². The molecule has 1 aromatic carbocycles. The van der Waals surface area contributed by atoms with Crippen molar-refractivity contribution in [2.24, 2.45) is 0 Å². The Morgan fingerprint density at radius 2 is 2.14 bits per heavy atom. The molecular formula is C10H11NO2S. The molecule has 0 aliphatic rings. The highest BCUT2D eigenvalue weighted by Gasteiger charge is 2.03. The molecule has 0 saturated carbocycles. The molecule has 3 nitrogen and oxygen atoms in total. The van der Waals surface area contributed by atoms with E-state index in [1.54, 1.807) is 17.5 Å². The molecule has 1 aromatic rings. The van der Waals surface area contributed by atoms with Gasteiger partial charge in [-0.25, -0.2) is 4.79 Å². The van der Waals surface area contributed by atoms with Gasteiger partial charge in [0.1, 0.15) is 0 Å². The van der Waals surface area contributed by atoms with E-state index in [0.29, 0.717) is 12.1 Å². The first-order valence-corrected chi connectivity index (χ1v) is 4.61. The van der Waals surface area contributed by atoms with E-state index >= 15 is 0 Å². The Morgan fingerprint density at radius 1 is 1.50 bits per heavy atom. The van der Waals surface area contributed by atoms with Crippen LogP contribution in [0.4, 0.5) is 5.69 Å². The Bertz CT molecular complexity index is 321. The summed E-state index contributed by atoms with van der Waals surface area (Å²) in [7, 11) is 1.36. The number of hydrogen-bond acceptors (Lipinski definition) is 4. The van der Waals surface area contributed by atoms with Crippen molar-refractivity contribution in [1.82, 2.24) is 0 Å². The van der Waals surface area contributed by atoms with E-state index in [1.807, 2.05) is 12.1 Å². The molecule has 0 aliphatic heterocycles. The summed E-state index contributed by atoms with van der Waals surface area (Å²) in [5.41, 5.74) is 1.47. The molecule has 1 N–H and O–H groups in total. The predicted molar refractivity (Wildman–Crippen MR) is 59.9 cm³/mol. The molecule has 74 valence electrons. The first-order valence-electron chi connectivity index (χ1n) is 4.14. The molecule has 0 atom stereocenters. The lowest BCUT2D eigenvalue weighted by atomic mass is 10.2. The van der Waals surface area contributed by atoms with Gasteiger partial charge in [-0.3, -0.25) is 0 Å². The van der Waals surface area contributed by atoms with Gasteiger partial charge >= 0.3 is 5.97 Å². The third-order valence-corrected chi connectivity index (χ3v) is 1.86. The summed E-state index contributed by atoms with van der Waals surface area (Å²) < 4.78 is 4.58. The lowest BCUT2D eigenvalue weighted by molar-refractivity contribution is 0.0601. The minimum atomic E-state index is -0.327. The zero-order chi connectivity index (χ0) is 10.4. The third kappa shape index (κ3) is 2.81. The SMILES string of the molecule is COC(=O)c1ccc(NCC=S)cc1. The lowest BCUT2D eigenvalue weighted by Crippen LogP contribution is -2.03. The van der Waals surface area contributed by atoms with Crippen molar-refractivity contribution in [3.63, 3.8) is 0 Å². The number of ether oxygens (including phenoxy) is 1. The van der Waals surface area contributed by atoms with Crippen LogP contribution in [-0.2, 0) is 4.74 Å². The molecule has 0 fully saturated rings. The molecule has 1 rings (SSSR count). The smallest absolute Gasteiger partial charge is 0.337 e. The number of thiocarbonyl (C=S) groups is 1. The van der Waals surface area contributed by atoms with Crippen LogP contribution in [-0.4, -0.2) is 25.0 Å². The molecule has 0 aromatic heterocycles. The van der Waals surface area contributed by atoms with Crippen molar-refractivity contribution in [2.45, 2.75) is 0 Å². The molecule has 0 bridgehead atoms. The van der Waals surface area contributed by atoms with Crippen LogP contribution in [0.5, 0.6) is 0 Å². The molecule has 0 aliphatic carbocycles. The fourth-order valence-corrected chi connectivity index (χ4v) is 1.08. The molecule has 0 spiro atoms. The van der Waals surface area contributed by atoms with Gasteiger partial charge in [0.05, 0.1) is 12.7 Å². The normalized spacial score (nSPS) is 9.21. The van der Waals surface area contributed by atoms with E-state index in [1.165, 1.54) is 7.11 Å². The summed E-state index contributed by atoms with van der Waals surface area (Å²) in [6.07, 6.45) is 0. The van der Waals surface area contributed by atoms with Crippen LogP contribution in [0.3, 0.4) is 0 Å². The molecular weight excluding hydrogens is 198 g/mol. The zero-order valence-corrected chi connectivity index (χ0v) is 8.64. The van der Waals surface area contributed by atoms with E-state index < -0.39 is 0 Å². The number of esters is 1. The molecule has 0 amide bonds. The molecule has 14 heavy (non-hydrogen) atoms. The van der Waals surface area contributed by atoms with E-state index in [0.717, 1.165) is 5.69 Å². The first-order chi connectivity index (χ1) is 6.77. The number of carbonyl (C=O) groups excluding carboxylic acids is 1. The largest absolute Gasteiger partial charge is 0.465 e. The second-order valence-corrected chi connectivity index (χ2v) is 2.95. The number of benzene rings is 1. The maximum atomic E-state index is 11.1. The minimum Gasteiger partial charge on any atom is -0.465 e. The Balaban J connectivity index is 2.68. The topological polar surface area (TPSA) is 38.3 Å². The quantitative estimate of drug-likeness (QED) is 0.607. The van der Waals surface area contributed by atoms with E-state index in [-0.39, 0.29) is 5.97 Å². The molecule has 0 radical (unpaired) electrons. The van der Waals surface area contributed by atoms with Gasteiger partial charge in [-0.15, -0.1) is 0 Å². The summed E-state index contributed by atoms with van der Waals surface area (Å²) >= 11 is 4.68. The number of carbonyl (C=O) groups is 1. The highest BCUT2D eigenvalue weighted by molar-refractivity contribution is 7.79. The molecule has 0 heterocycles. The maximum Gasteiger partial charge on any atom is 0.337 e. The fraction of sp³-hybridized carbons (Fsp3) is 0.200. The Labute approximate surface area is 88.1 Å². The van der Waals surface area contributed by atoms with Gasteiger partial charge in [0.2, 0.25) is 0 Å². The molecule has 0 saturated heterocycles. The van der Waals surface area contributed by atoms with Crippen LogP contribution in [0.25, 0.3) is 0 Å². The van der Waals surface area contributed by atoms with Crippen molar-refractivity contribution in [2.75, 3.05) is 19.0 Å². The average molecular weight is 209 g/mol. The van der Waals surface area contributed by atoms with Crippen molar-refractivity contribution < 1.29 is 9.53 Å². The monoisotopic (exact) mass is 209 g/mol. The van der Waals surface area contributed by atoms with Gasteiger partial charge in [0, 0.05) is 12.2 Å². The summed E-state index contributed by atoms with van der Waals surface area (Å²) in [5.74, 6) is -0.327. The Morgan fingerprint density at radius 3 is 2.64 bits per heavy atom. The van der Waals surface area contributed by atoms with E-state index in [2.05, 4.69) is 22.3 Å². The molecule has 4 heteroatoms. The van der Waals surface area contributed by atoms with Gasteiger partial charge in [-0.1, -0.05) is 12.2 Å². The van der Waals surface area contributed by atoms with E-state index in [9.17, 15) is 4.79 Å². The number of hydrogen-bond donors (Lipinski definition) is 1. The standard InChI is InChI=1S/C10H11NO2S/c1-13-10(12)8-2-4-9(5-3-8)11-6-7-14/h2-5,7,11H,6H2,1H3. The summed E-state index contributed by atoms with van der Waals surface area (Å²) in [6.45, 7) is 0.632. The summed E-state index contributed by atoms with van der Waals surface area (Å²) in [6, 6.07) is 7.03.